The van der Waals surface area contributed by atoms with Crippen LogP contribution in [0.3, 0.4) is 0 Å². The van der Waals surface area contributed by atoms with Gasteiger partial charge in [-0.1, -0.05) is 61.9 Å². The molecule has 0 aliphatic rings. The Balaban J connectivity index is 0.00000128. The Bertz CT molecular complexity index is 1840. The zero-order chi connectivity index (χ0) is 50.3. The molecule has 0 radical (unpaired) electrons. The number of rotatable bonds is 8. The van der Waals surface area contributed by atoms with E-state index < -0.39 is 195 Å². The van der Waals surface area contributed by atoms with Gasteiger partial charge in [-0.05, 0) is 30.7 Å². The smallest absolute Gasteiger partial charge is 0.194 e. The molecule has 0 spiro atoms. The first-order valence-corrected chi connectivity index (χ1v) is 19.6. The summed E-state index contributed by atoms with van der Waals surface area (Å²) in [7, 11) is 0. The summed E-state index contributed by atoms with van der Waals surface area (Å²) in [6.45, 7) is 3.11. The minimum atomic E-state index is -6.13. The van der Waals surface area contributed by atoms with Gasteiger partial charge in [0.2, 0.25) is 0 Å². The molecule has 0 atom stereocenters. The van der Waals surface area contributed by atoms with Crippen LogP contribution in [0.2, 0.25) is 0 Å². The molecule has 0 fully saturated rings. The number of halogens is 24. The molecule has 4 aromatic rings. The number of benzene rings is 4. The van der Waals surface area contributed by atoms with Crippen molar-refractivity contribution in [1.82, 2.24) is 0 Å². The monoisotopic (exact) mass is 998 g/mol. The number of hydrogen-bond acceptors (Lipinski definition) is 1. The van der Waals surface area contributed by atoms with Crippen molar-refractivity contribution in [3.05, 3.63) is 117 Å². The first-order valence-electron chi connectivity index (χ1n) is 17.6. The average Bonchev–Trinajstić information content (AvgIpc) is 3.12. The van der Waals surface area contributed by atoms with E-state index >= 15 is 0 Å². The molecule has 0 saturated heterocycles. The molecule has 0 aliphatic heterocycles. The van der Waals surface area contributed by atoms with Gasteiger partial charge < -0.3 is 0 Å². The van der Waals surface area contributed by atoms with E-state index in [1.165, 1.54) is 12.8 Å². The van der Waals surface area contributed by atoms with Gasteiger partial charge in [0.25, 0.3) is 0 Å². The first-order chi connectivity index (χ1) is 29.0. The van der Waals surface area contributed by atoms with Gasteiger partial charge in [0.1, 0.15) is 36.4 Å². The van der Waals surface area contributed by atoms with Crippen LogP contribution < -0.4 is 21.9 Å². The lowest BCUT2D eigenvalue weighted by Crippen LogP contribution is -2.75. The molecule has 4 rings (SSSR count). The minimum absolute atomic E-state index is 0.183. The number of unbranched alkanes of at least 4 members (excludes halogenated alkanes) is 1. The van der Waals surface area contributed by atoms with E-state index in [4.69, 9.17) is 4.18 Å². The molecule has 0 aromatic heterocycles. The summed E-state index contributed by atoms with van der Waals surface area (Å²) in [6, 6.07) is -8.81. The second-order valence-corrected chi connectivity index (χ2v) is 15.9. The van der Waals surface area contributed by atoms with Crippen LogP contribution in [0.5, 0.6) is 0 Å². The Morgan fingerprint density at radius 3 is 0.631 bits per heavy atom. The predicted molar refractivity (Wildman–Crippen MR) is 190 cm³/mol. The Morgan fingerprint density at radius 1 is 0.338 bits per heavy atom. The zero-order valence-corrected chi connectivity index (χ0v) is 33.3. The van der Waals surface area contributed by atoms with Crippen molar-refractivity contribution in [3.63, 3.8) is 0 Å². The third-order valence-corrected chi connectivity index (χ3v) is 9.89. The van der Waals surface area contributed by atoms with Crippen LogP contribution in [0, 0.1) is 0 Å². The minimum Gasteiger partial charge on any atom is -0.194 e. The van der Waals surface area contributed by atoms with Crippen molar-refractivity contribution >= 4 is 39.2 Å². The van der Waals surface area contributed by atoms with Crippen LogP contribution in [0.15, 0.2) is 72.8 Å². The van der Waals surface area contributed by atoms with E-state index in [1.54, 1.807) is 0 Å². The molecule has 0 heterocycles. The van der Waals surface area contributed by atoms with E-state index in [1.807, 2.05) is 0 Å². The summed E-state index contributed by atoms with van der Waals surface area (Å²) in [4.78, 5) is 0. The highest BCUT2D eigenvalue weighted by Crippen LogP contribution is 2.41. The summed E-state index contributed by atoms with van der Waals surface area (Å²) < 4.78 is 346. The van der Waals surface area contributed by atoms with Crippen LogP contribution >= 0.6 is 0 Å². The molecule has 65 heavy (non-hydrogen) atoms. The average molecular weight is 998 g/mol. The first kappa shape index (κ1) is 54.9. The fourth-order valence-corrected chi connectivity index (χ4v) is 6.89. The largest absolute Gasteiger partial charge is 0.416 e. The van der Waals surface area contributed by atoms with Gasteiger partial charge in [0.15, 0.2) is 0 Å². The quantitative estimate of drug-likeness (QED) is 0.0740. The lowest BCUT2D eigenvalue weighted by molar-refractivity contribution is -0.144. The van der Waals surface area contributed by atoms with Crippen LogP contribution in [0.4, 0.5) is 105 Å². The molecular formula is C38H27BF24OS. The maximum absolute atomic E-state index is 14.2. The molecule has 0 amide bonds. The van der Waals surface area contributed by atoms with Crippen LogP contribution in [0.25, 0.3) is 0 Å². The van der Waals surface area contributed by atoms with Gasteiger partial charge in [-0.2, -0.15) is 131 Å². The zero-order valence-electron chi connectivity index (χ0n) is 32.5. The molecule has 4 aromatic carbocycles. The Kier molecular flexibility index (Phi) is 15.8. The van der Waals surface area contributed by atoms with Gasteiger partial charge in [-0.25, -0.2) is 0 Å². The van der Waals surface area contributed by atoms with Crippen molar-refractivity contribution in [1.29, 1.82) is 0 Å². The van der Waals surface area contributed by atoms with E-state index in [-0.39, 0.29) is 11.2 Å². The predicted octanol–water partition coefficient (Wildman–Crippen LogP) is 12.8. The lowest BCUT2D eigenvalue weighted by Gasteiger charge is -2.46. The lowest BCUT2D eigenvalue weighted by atomic mass is 9.12. The third kappa shape index (κ3) is 13.6. The second-order valence-electron chi connectivity index (χ2n) is 14.1. The summed E-state index contributed by atoms with van der Waals surface area (Å²) in [6.07, 6.45) is -48.2. The van der Waals surface area contributed by atoms with Crippen LogP contribution in [0.1, 0.15) is 64.3 Å². The van der Waals surface area contributed by atoms with Crippen molar-refractivity contribution in [2.45, 2.75) is 69.2 Å². The molecule has 0 aliphatic carbocycles. The van der Waals surface area contributed by atoms with Gasteiger partial charge in [0, 0.05) is 0 Å². The normalized spacial score (nSPS) is 13.8. The third-order valence-electron chi connectivity index (χ3n) is 9.26. The van der Waals surface area contributed by atoms with Crippen molar-refractivity contribution < 1.29 is 110 Å². The summed E-state index contributed by atoms with van der Waals surface area (Å²) in [5, 5.41) is 0. The highest BCUT2D eigenvalue weighted by molar-refractivity contribution is 7.90. The van der Waals surface area contributed by atoms with Crippen LogP contribution in [-0.2, 0) is 64.8 Å². The van der Waals surface area contributed by atoms with E-state index in [9.17, 15) is 105 Å². The SMILES string of the molecule is CCCCO[S+](C)C.FC(F)(F)c1cc([B-](c2cc(C(F)(F)F)cc(C(F)(F)F)c2)(c2cc(C(F)(F)F)cc(C(F)(F)F)c2)c2cc(C(F)(F)F)cc(C(F)(F)F)c2)cc(C(F)(F)F)c1. The maximum atomic E-state index is 14.2. The van der Waals surface area contributed by atoms with E-state index in [0.717, 1.165) is 6.61 Å². The summed E-state index contributed by atoms with van der Waals surface area (Å²) >= 11 is 0.183. The highest BCUT2D eigenvalue weighted by Gasteiger charge is 2.47. The fraction of sp³-hybridized carbons (Fsp3) is 0.368. The topological polar surface area (TPSA) is 9.23 Å². The van der Waals surface area contributed by atoms with Crippen molar-refractivity contribution in [3.8, 4) is 0 Å². The van der Waals surface area contributed by atoms with Gasteiger partial charge in [-0.15, -0.1) is 0 Å². The highest BCUT2D eigenvalue weighted by atomic mass is 32.2. The van der Waals surface area contributed by atoms with Crippen LogP contribution in [-0.4, -0.2) is 25.3 Å². The molecular weight excluding hydrogens is 971 g/mol. The van der Waals surface area contributed by atoms with Gasteiger partial charge in [-0.3, -0.25) is 0 Å². The van der Waals surface area contributed by atoms with Gasteiger partial charge >= 0.3 is 49.4 Å². The molecule has 0 bridgehead atoms. The second kappa shape index (κ2) is 18.7. The molecule has 362 valence electrons. The van der Waals surface area contributed by atoms with Gasteiger partial charge in [0.05, 0.1) is 44.5 Å². The summed E-state index contributed by atoms with van der Waals surface area (Å²) in [5.41, 5.74) is -30.2. The van der Waals surface area contributed by atoms with E-state index in [0.29, 0.717) is 0 Å². The molecule has 0 N–H and O–H groups in total. The molecule has 27 heteroatoms. The molecule has 0 unspecified atom stereocenters. The molecule has 1 nitrogen and oxygen atoms in total. The Labute approximate surface area is 354 Å². The standard InChI is InChI=1S/C32H12BF24.C6H15OS/c34-25(35,36)13-1-14(26(37,38)39)6-21(5-13)33(22-7-15(27(40,41)42)2-16(8-22)28(43,44)45,23-9-17(29(46,47)48)3-18(10-23)30(49,50)51)24-11-19(31(52,53)54)4-20(12-24)32(55,56)57;1-4-5-6-7-8(2)3/h1-12H;4-6H2,1-3H3/q-1;+1. The van der Waals surface area contributed by atoms with Crippen molar-refractivity contribution in [2.24, 2.45) is 0 Å². The summed E-state index contributed by atoms with van der Waals surface area (Å²) in [5.74, 6) is 0. The Hall–Kier alpha value is -4.43. The van der Waals surface area contributed by atoms with E-state index in [2.05, 4.69) is 19.4 Å². The fourth-order valence-electron chi connectivity index (χ4n) is 6.44. The molecule has 0 saturated carbocycles. The Morgan fingerprint density at radius 2 is 0.508 bits per heavy atom. The van der Waals surface area contributed by atoms with Crippen molar-refractivity contribution in [2.75, 3.05) is 19.1 Å². The number of hydrogen-bond donors (Lipinski definition) is 0. The number of alkyl halides is 24. The maximum Gasteiger partial charge on any atom is 0.416 e.